The zero-order valence-electron chi connectivity index (χ0n) is 14.9. The summed E-state index contributed by atoms with van der Waals surface area (Å²) >= 11 is 5.27. The number of ketones is 1. The van der Waals surface area contributed by atoms with Gasteiger partial charge in [-0.2, -0.15) is 4.31 Å². The minimum absolute atomic E-state index is 0.00154. The fourth-order valence-corrected chi connectivity index (χ4v) is 5.48. The minimum atomic E-state index is -3.82. The molecule has 1 aliphatic carbocycles. The normalized spacial score (nSPS) is 22.2. The Hall–Kier alpha value is -2.36. The highest BCUT2D eigenvalue weighted by Gasteiger charge is 2.37. The highest BCUT2D eigenvalue weighted by Crippen LogP contribution is 2.31. The van der Waals surface area contributed by atoms with Gasteiger partial charge in [-0.25, -0.2) is 8.42 Å². The summed E-state index contributed by atoms with van der Waals surface area (Å²) in [4.78, 5) is 24.1. The smallest absolute Gasteiger partial charge is 0.296 e. The van der Waals surface area contributed by atoms with Crippen LogP contribution in [0.1, 0.15) is 29.6 Å². The Bertz CT molecular complexity index is 1040. The number of anilines is 1. The van der Waals surface area contributed by atoms with Crippen molar-refractivity contribution in [1.82, 2.24) is 4.31 Å². The van der Waals surface area contributed by atoms with Gasteiger partial charge in [-0.1, -0.05) is 24.4 Å². The summed E-state index contributed by atoms with van der Waals surface area (Å²) in [5.41, 5.74) is 0.420. The Morgan fingerprint density at radius 1 is 1.29 bits per heavy atom. The van der Waals surface area contributed by atoms with Gasteiger partial charge in [-0.15, -0.1) is 0 Å². The topological polar surface area (TPSA) is 92.8 Å². The number of sulfonamides is 1. The van der Waals surface area contributed by atoms with Crippen LogP contribution in [-0.4, -0.2) is 48.5 Å². The molecule has 1 aromatic rings. The van der Waals surface area contributed by atoms with Crippen LogP contribution in [0, 0.1) is 0 Å². The lowest BCUT2D eigenvalue weighted by molar-refractivity contribution is -0.112. The van der Waals surface area contributed by atoms with Gasteiger partial charge in [0.1, 0.15) is 12.4 Å². The summed E-state index contributed by atoms with van der Waals surface area (Å²) in [6.07, 6.45) is 7.64. The fraction of sp³-hybridized carbons (Fsp3) is 0.316. The molecule has 146 valence electrons. The third kappa shape index (κ3) is 3.30. The Kier molecular flexibility index (Phi) is 4.90. The number of hydrogen-bond acceptors (Lipinski definition) is 6. The Balaban J connectivity index is 1.54. The van der Waals surface area contributed by atoms with E-state index < -0.39 is 21.7 Å². The first-order valence-corrected chi connectivity index (χ1v) is 10.8. The number of rotatable bonds is 5. The molecule has 0 unspecified atom stereocenters. The second-order valence-electron chi connectivity index (χ2n) is 6.80. The Morgan fingerprint density at radius 3 is 2.89 bits per heavy atom. The first-order valence-electron chi connectivity index (χ1n) is 8.92. The summed E-state index contributed by atoms with van der Waals surface area (Å²) in [6.45, 7) is 0.588. The van der Waals surface area contributed by atoms with Crippen molar-refractivity contribution in [3.05, 3.63) is 47.7 Å². The van der Waals surface area contributed by atoms with E-state index in [1.807, 2.05) is 12.2 Å². The molecule has 0 spiro atoms. The van der Waals surface area contributed by atoms with Crippen molar-refractivity contribution in [1.29, 1.82) is 0 Å². The first-order chi connectivity index (χ1) is 13.4. The average molecular weight is 418 g/mol. The molecule has 1 amide bonds. The maximum Gasteiger partial charge on any atom is 0.296 e. The number of benzene rings is 1. The van der Waals surface area contributed by atoms with Crippen molar-refractivity contribution in [2.75, 3.05) is 18.5 Å². The average Bonchev–Trinajstić information content (AvgIpc) is 3.26. The van der Waals surface area contributed by atoms with Gasteiger partial charge < -0.3 is 10.1 Å². The molecule has 28 heavy (non-hydrogen) atoms. The number of nitrogens with zero attached hydrogens (tertiary/aromatic N) is 1. The Morgan fingerprint density at radius 2 is 2.11 bits per heavy atom. The van der Waals surface area contributed by atoms with Gasteiger partial charge in [0.2, 0.25) is 10.0 Å². The highest BCUT2D eigenvalue weighted by atomic mass is 32.2. The number of carbonyl (C=O) groups excluding carboxylic acids is 2. The van der Waals surface area contributed by atoms with Crippen LogP contribution >= 0.6 is 12.2 Å². The molecular weight excluding hydrogens is 400 g/mol. The Labute approximate surface area is 168 Å². The molecule has 1 aromatic carbocycles. The van der Waals surface area contributed by atoms with Crippen molar-refractivity contribution in [3.63, 3.8) is 0 Å². The van der Waals surface area contributed by atoms with Crippen molar-refractivity contribution < 1.29 is 22.7 Å². The SMILES string of the molecule is O=C1Nc2ccc(S(=O)(=O)N3CCC[C@H]3COC3=CC=CCC3=S)cc2C1=O. The predicted octanol–water partition coefficient (Wildman–Crippen LogP) is 2.20. The number of Topliss-reactive ketones (excluding diaryl/α,β-unsaturated/α-hetero) is 1. The minimum Gasteiger partial charge on any atom is -0.491 e. The molecule has 0 radical (unpaired) electrons. The summed E-state index contributed by atoms with van der Waals surface area (Å²) in [7, 11) is -3.82. The van der Waals surface area contributed by atoms with Crippen molar-refractivity contribution in [3.8, 4) is 0 Å². The van der Waals surface area contributed by atoms with E-state index >= 15 is 0 Å². The molecule has 0 bridgehead atoms. The molecule has 2 heterocycles. The molecule has 0 aromatic heterocycles. The van der Waals surface area contributed by atoms with Gasteiger partial charge >= 0.3 is 0 Å². The fourth-order valence-electron chi connectivity index (χ4n) is 3.55. The van der Waals surface area contributed by atoms with Crippen LogP contribution in [0.25, 0.3) is 0 Å². The standard InChI is InChI=1S/C19H18N2O5S2/c22-18-14-10-13(7-8-15(14)20-19(18)23)28(24,25)21-9-3-4-12(21)11-26-16-5-1-2-6-17(16)27/h1-2,5,7-8,10,12H,3-4,6,9,11H2,(H,20,22,23)/t12-/m0/s1. The summed E-state index contributed by atoms with van der Waals surface area (Å²) in [5, 5.41) is 2.42. The van der Waals surface area contributed by atoms with Crippen LogP contribution in [-0.2, 0) is 19.6 Å². The molecule has 1 saturated heterocycles. The van der Waals surface area contributed by atoms with Gasteiger partial charge in [-0.3, -0.25) is 9.59 Å². The molecule has 2 aliphatic heterocycles. The number of hydrogen-bond donors (Lipinski definition) is 1. The predicted molar refractivity (Wildman–Crippen MR) is 107 cm³/mol. The number of carbonyl (C=O) groups is 2. The number of nitrogens with one attached hydrogen (secondary N) is 1. The van der Waals surface area contributed by atoms with Crippen LogP contribution in [0.4, 0.5) is 5.69 Å². The van der Waals surface area contributed by atoms with E-state index in [9.17, 15) is 18.0 Å². The maximum atomic E-state index is 13.2. The third-order valence-corrected chi connectivity index (χ3v) is 7.33. The van der Waals surface area contributed by atoms with Gasteiger partial charge in [-0.05, 0) is 37.1 Å². The number of ether oxygens (including phenoxy) is 1. The molecule has 3 aliphatic rings. The van der Waals surface area contributed by atoms with Crippen molar-refractivity contribution in [2.24, 2.45) is 0 Å². The van der Waals surface area contributed by atoms with Crippen molar-refractivity contribution in [2.45, 2.75) is 30.2 Å². The van der Waals surface area contributed by atoms with Gasteiger partial charge in [0, 0.05) is 13.0 Å². The van der Waals surface area contributed by atoms with Crippen LogP contribution < -0.4 is 5.32 Å². The van der Waals surface area contributed by atoms with Crippen molar-refractivity contribution >= 4 is 44.5 Å². The molecule has 1 N–H and O–H groups in total. The monoisotopic (exact) mass is 418 g/mol. The van der Waals surface area contributed by atoms with E-state index in [4.69, 9.17) is 17.0 Å². The van der Waals surface area contributed by atoms with Gasteiger partial charge in [0.15, 0.2) is 0 Å². The third-order valence-electron chi connectivity index (χ3n) is 5.01. The number of fused-ring (bicyclic) bond motifs is 1. The zero-order chi connectivity index (χ0) is 19.9. The largest absolute Gasteiger partial charge is 0.491 e. The van der Waals surface area contributed by atoms with Crippen LogP contribution in [0.3, 0.4) is 0 Å². The van der Waals surface area contributed by atoms with Crippen LogP contribution in [0.15, 0.2) is 47.1 Å². The summed E-state index contributed by atoms with van der Waals surface area (Å²) < 4.78 is 33.5. The van der Waals surface area contributed by atoms with Crippen LogP contribution in [0.5, 0.6) is 0 Å². The molecule has 1 fully saturated rings. The lowest BCUT2D eigenvalue weighted by atomic mass is 10.1. The zero-order valence-corrected chi connectivity index (χ0v) is 16.5. The molecule has 9 heteroatoms. The van der Waals surface area contributed by atoms with Gasteiger partial charge in [0.25, 0.3) is 11.7 Å². The molecule has 4 rings (SSSR count). The summed E-state index contributed by atoms with van der Waals surface area (Å²) in [5.74, 6) is -0.864. The van der Waals surface area contributed by atoms with E-state index in [1.165, 1.54) is 22.5 Å². The number of thiocarbonyl (C=S) groups is 1. The lowest BCUT2D eigenvalue weighted by Gasteiger charge is -2.25. The second-order valence-corrected chi connectivity index (χ2v) is 9.18. The first kappa shape index (κ1) is 19.0. The molecular formula is C19H18N2O5S2. The summed E-state index contributed by atoms with van der Waals surface area (Å²) in [6, 6.07) is 3.81. The van der Waals surface area contributed by atoms with E-state index in [1.54, 1.807) is 6.08 Å². The second kappa shape index (κ2) is 7.23. The highest BCUT2D eigenvalue weighted by molar-refractivity contribution is 7.89. The van der Waals surface area contributed by atoms with Gasteiger partial charge in [0.05, 0.1) is 27.1 Å². The lowest BCUT2D eigenvalue weighted by Crippen LogP contribution is -2.38. The van der Waals surface area contributed by atoms with E-state index in [-0.39, 0.29) is 23.1 Å². The molecule has 1 atom stereocenters. The quantitative estimate of drug-likeness (QED) is 0.582. The van der Waals surface area contributed by atoms with E-state index in [0.717, 1.165) is 6.42 Å². The number of amides is 1. The van der Waals surface area contributed by atoms with Crippen LogP contribution in [0.2, 0.25) is 0 Å². The molecule has 0 saturated carbocycles. The number of allylic oxidation sites excluding steroid dienone is 4. The van der Waals surface area contributed by atoms with E-state index in [0.29, 0.717) is 35.7 Å². The molecule has 7 nitrogen and oxygen atoms in total. The van der Waals surface area contributed by atoms with E-state index in [2.05, 4.69) is 5.32 Å². The maximum absolute atomic E-state index is 13.2.